The molecule has 1 aromatic carbocycles. The molecule has 8 nitrogen and oxygen atoms in total. The number of nitrogens with one attached hydrogen (secondary N) is 1. The summed E-state index contributed by atoms with van der Waals surface area (Å²) in [7, 11) is -3.85. The maximum absolute atomic E-state index is 12.4. The molecule has 2 heterocycles. The minimum absolute atomic E-state index is 0.000401. The first-order chi connectivity index (χ1) is 9.88. The normalized spacial score (nSPS) is 13.4. The summed E-state index contributed by atoms with van der Waals surface area (Å²) in [6.45, 7) is 3.15. The molecule has 3 N–H and O–H groups in total. The predicted molar refractivity (Wildman–Crippen MR) is 73.8 cm³/mol. The molecule has 21 heavy (non-hydrogen) atoms. The molecule has 0 saturated heterocycles. The second kappa shape index (κ2) is 4.55. The van der Waals surface area contributed by atoms with Crippen LogP contribution in [0.5, 0.6) is 11.5 Å². The maximum atomic E-state index is 12.4. The van der Waals surface area contributed by atoms with Gasteiger partial charge >= 0.3 is 0 Å². The Labute approximate surface area is 120 Å². The van der Waals surface area contributed by atoms with Gasteiger partial charge in [-0.2, -0.15) is 0 Å². The van der Waals surface area contributed by atoms with Gasteiger partial charge in [-0.05, 0) is 13.8 Å². The average Bonchev–Trinajstić information content (AvgIpc) is 2.96. The van der Waals surface area contributed by atoms with Crippen LogP contribution in [0.1, 0.15) is 11.5 Å². The molecule has 0 aliphatic carbocycles. The number of nitrogens with zero attached hydrogens (tertiary/aromatic N) is 1. The molecule has 3 rings (SSSR count). The highest BCUT2D eigenvalue weighted by molar-refractivity contribution is 7.92. The first-order valence-corrected chi connectivity index (χ1v) is 7.51. The van der Waals surface area contributed by atoms with E-state index in [9.17, 15) is 8.42 Å². The molecular weight excluding hydrogens is 298 g/mol. The molecule has 0 unspecified atom stereocenters. The van der Waals surface area contributed by atoms with Crippen molar-refractivity contribution in [3.63, 3.8) is 0 Å². The quantitative estimate of drug-likeness (QED) is 0.823. The Morgan fingerprint density at radius 3 is 2.52 bits per heavy atom. The zero-order valence-electron chi connectivity index (χ0n) is 11.3. The Balaban J connectivity index is 2.01. The van der Waals surface area contributed by atoms with Gasteiger partial charge in [0.1, 0.15) is 5.69 Å². The standard InChI is InChI=1S/C12H13N3O5S/c1-6-12(7(2)20-14-6)21(16,17)15-9-4-11-10(3-8(9)13)18-5-19-11/h3-4,15H,5,13H2,1-2H3. The summed E-state index contributed by atoms with van der Waals surface area (Å²) in [5, 5.41) is 3.63. The Kier molecular flexibility index (Phi) is 2.94. The Morgan fingerprint density at radius 1 is 1.24 bits per heavy atom. The number of ether oxygens (including phenoxy) is 2. The van der Waals surface area contributed by atoms with Gasteiger partial charge in [-0.25, -0.2) is 8.42 Å². The van der Waals surface area contributed by atoms with Crippen LogP contribution in [0.15, 0.2) is 21.6 Å². The zero-order valence-corrected chi connectivity index (χ0v) is 12.2. The monoisotopic (exact) mass is 311 g/mol. The van der Waals surface area contributed by atoms with Crippen LogP contribution in [0.2, 0.25) is 0 Å². The number of nitrogen functional groups attached to an aromatic ring is 1. The van der Waals surface area contributed by atoms with Crippen molar-refractivity contribution < 1.29 is 22.4 Å². The fourth-order valence-electron chi connectivity index (χ4n) is 2.10. The number of anilines is 2. The number of fused-ring (bicyclic) bond motifs is 1. The first-order valence-electron chi connectivity index (χ1n) is 6.03. The number of nitrogens with two attached hydrogens (primary N) is 1. The predicted octanol–water partition coefficient (Wildman–Crippen LogP) is 1.40. The van der Waals surface area contributed by atoms with Gasteiger partial charge in [0.25, 0.3) is 10.0 Å². The van der Waals surface area contributed by atoms with E-state index in [-0.39, 0.29) is 34.5 Å². The smallest absolute Gasteiger partial charge is 0.267 e. The number of benzene rings is 1. The highest BCUT2D eigenvalue weighted by Gasteiger charge is 2.26. The van der Waals surface area contributed by atoms with E-state index in [4.69, 9.17) is 19.7 Å². The number of aryl methyl sites for hydroxylation is 2. The van der Waals surface area contributed by atoms with Gasteiger partial charge in [0.15, 0.2) is 22.2 Å². The van der Waals surface area contributed by atoms with Gasteiger partial charge in [-0.3, -0.25) is 4.72 Å². The molecule has 2 aromatic rings. The van der Waals surface area contributed by atoms with Crippen molar-refractivity contribution in [2.24, 2.45) is 0 Å². The molecule has 0 bridgehead atoms. The fraction of sp³-hybridized carbons (Fsp3) is 0.250. The van der Waals surface area contributed by atoms with Gasteiger partial charge in [-0.1, -0.05) is 5.16 Å². The van der Waals surface area contributed by atoms with Crippen LogP contribution in [0.4, 0.5) is 11.4 Å². The van der Waals surface area contributed by atoms with Crippen molar-refractivity contribution in [2.75, 3.05) is 17.2 Å². The van der Waals surface area contributed by atoms with Crippen LogP contribution in [0, 0.1) is 13.8 Å². The lowest BCUT2D eigenvalue weighted by atomic mass is 10.2. The van der Waals surface area contributed by atoms with Crippen LogP contribution in [-0.2, 0) is 10.0 Å². The minimum Gasteiger partial charge on any atom is -0.454 e. The van der Waals surface area contributed by atoms with E-state index in [0.717, 1.165) is 0 Å². The van der Waals surface area contributed by atoms with Gasteiger partial charge in [0, 0.05) is 12.1 Å². The zero-order chi connectivity index (χ0) is 15.2. The van der Waals surface area contributed by atoms with E-state index in [1.165, 1.54) is 19.1 Å². The van der Waals surface area contributed by atoms with Gasteiger partial charge in [0.2, 0.25) is 6.79 Å². The summed E-state index contributed by atoms with van der Waals surface area (Å²) in [6.07, 6.45) is 0. The van der Waals surface area contributed by atoms with Crippen LogP contribution in [0.3, 0.4) is 0 Å². The number of rotatable bonds is 3. The SMILES string of the molecule is Cc1noc(C)c1S(=O)(=O)Nc1cc2c(cc1N)OCO2. The lowest BCUT2D eigenvalue weighted by Gasteiger charge is -2.10. The molecular formula is C12H13N3O5S. The Bertz CT molecular complexity index is 793. The molecule has 1 aliphatic heterocycles. The molecule has 0 fully saturated rings. The van der Waals surface area contributed by atoms with Crippen LogP contribution in [-0.4, -0.2) is 20.4 Å². The summed E-state index contributed by atoms with van der Waals surface area (Å²) in [5.41, 5.74) is 6.54. The molecule has 0 radical (unpaired) electrons. The van der Waals surface area contributed by atoms with E-state index in [1.807, 2.05) is 0 Å². The molecule has 0 amide bonds. The van der Waals surface area contributed by atoms with Gasteiger partial charge < -0.3 is 19.7 Å². The van der Waals surface area contributed by atoms with E-state index in [2.05, 4.69) is 9.88 Å². The van der Waals surface area contributed by atoms with Crippen LogP contribution >= 0.6 is 0 Å². The second-order valence-electron chi connectivity index (χ2n) is 4.55. The summed E-state index contributed by atoms with van der Waals surface area (Å²) in [6, 6.07) is 2.99. The van der Waals surface area contributed by atoms with Gasteiger partial charge in [0.05, 0.1) is 11.4 Å². The molecule has 112 valence electrons. The van der Waals surface area contributed by atoms with Gasteiger partial charge in [-0.15, -0.1) is 0 Å². The highest BCUT2D eigenvalue weighted by Crippen LogP contribution is 2.39. The van der Waals surface area contributed by atoms with Crippen molar-refractivity contribution in [3.8, 4) is 11.5 Å². The average molecular weight is 311 g/mol. The minimum atomic E-state index is -3.85. The molecule has 9 heteroatoms. The van der Waals surface area contributed by atoms with Crippen LogP contribution in [0.25, 0.3) is 0 Å². The fourth-order valence-corrected chi connectivity index (χ4v) is 3.51. The van der Waals surface area contributed by atoms with Crippen molar-refractivity contribution in [1.29, 1.82) is 0 Å². The largest absolute Gasteiger partial charge is 0.454 e. The van der Waals surface area contributed by atoms with Crippen molar-refractivity contribution in [3.05, 3.63) is 23.6 Å². The molecule has 1 aromatic heterocycles. The van der Waals surface area contributed by atoms with E-state index in [1.54, 1.807) is 6.92 Å². The maximum Gasteiger partial charge on any atom is 0.267 e. The number of sulfonamides is 1. The van der Waals surface area contributed by atoms with E-state index >= 15 is 0 Å². The Morgan fingerprint density at radius 2 is 1.90 bits per heavy atom. The summed E-state index contributed by atoms with van der Waals surface area (Å²) in [4.78, 5) is -0.000401. The van der Waals surface area contributed by atoms with Crippen molar-refractivity contribution in [2.45, 2.75) is 18.7 Å². The highest BCUT2D eigenvalue weighted by atomic mass is 32.2. The molecule has 0 atom stereocenters. The third-order valence-electron chi connectivity index (χ3n) is 3.03. The lowest BCUT2D eigenvalue weighted by Crippen LogP contribution is -2.15. The van der Waals surface area contributed by atoms with Crippen molar-refractivity contribution in [1.82, 2.24) is 5.16 Å². The second-order valence-corrected chi connectivity index (χ2v) is 6.17. The lowest BCUT2D eigenvalue weighted by molar-refractivity contribution is 0.174. The summed E-state index contributed by atoms with van der Waals surface area (Å²) in [5.74, 6) is 1.12. The number of hydrogen-bond donors (Lipinski definition) is 2. The molecule has 0 spiro atoms. The topological polar surface area (TPSA) is 117 Å². The third-order valence-corrected chi connectivity index (χ3v) is 4.63. The van der Waals surface area contributed by atoms with E-state index < -0.39 is 10.0 Å². The summed E-state index contributed by atoms with van der Waals surface area (Å²) < 4.78 is 42.5. The van der Waals surface area contributed by atoms with E-state index in [0.29, 0.717) is 11.5 Å². The Hall–Kier alpha value is -2.42. The van der Waals surface area contributed by atoms with Crippen LogP contribution < -0.4 is 19.9 Å². The van der Waals surface area contributed by atoms with Crippen molar-refractivity contribution >= 4 is 21.4 Å². The third kappa shape index (κ3) is 2.25. The summed E-state index contributed by atoms with van der Waals surface area (Å²) >= 11 is 0. The molecule has 0 saturated carbocycles. The molecule has 1 aliphatic rings. The number of aromatic nitrogens is 1. The number of hydrogen-bond acceptors (Lipinski definition) is 7. The first kappa shape index (κ1) is 13.6.